The third-order valence-corrected chi connectivity index (χ3v) is 4.69. The van der Waals surface area contributed by atoms with Crippen LogP contribution in [0.4, 0.5) is 0 Å². The van der Waals surface area contributed by atoms with E-state index in [-0.39, 0.29) is 18.3 Å². The number of para-hydroxylation sites is 2. The van der Waals surface area contributed by atoms with Crippen molar-refractivity contribution >= 4 is 40.6 Å². The molecule has 23 heavy (non-hydrogen) atoms. The molecule has 0 aliphatic carbocycles. The summed E-state index contributed by atoms with van der Waals surface area (Å²) in [5.74, 6) is -0.110. The molecule has 0 fully saturated rings. The van der Waals surface area contributed by atoms with Gasteiger partial charge in [0.25, 0.3) is 5.22 Å². The second-order valence-corrected chi connectivity index (χ2v) is 6.55. The minimum atomic E-state index is -0.286. The van der Waals surface area contributed by atoms with Crippen molar-refractivity contribution in [3.05, 3.63) is 54.1 Å². The molecule has 6 heteroatoms. The Balaban J connectivity index is 1.49. The first kappa shape index (κ1) is 16.0. The fraction of sp³-hybridized carbons (Fsp3) is 0.176. The number of nitrogens with zero attached hydrogens (tertiary/aromatic N) is 1. The number of hydrogen-bond donors (Lipinski definition) is 0. The van der Waals surface area contributed by atoms with Crippen molar-refractivity contribution in [1.29, 1.82) is 0 Å². The van der Waals surface area contributed by atoms with E-state index in [1.165, 1.54) is 16.7 Å². The van der Waals surface area contributed by atoms with Crippen molar-refractivity contribution < 1.29 is 13.9 Å². The fourth-order valence-electron chi connectivity index (χ4n) is 1.96. The zero-order valence-corrected chi connectivity index (χ0v) is 14.2. The molecule has 0 saturated heterocycles. The summed E-state index contributed by atoms with van der Waals surface area (Å²) < 4.78 is 10.8. The summed E-state index contributed by atoms with van der Waals surface area (Å²) in [6, 6.07) is 15.5. The number of carbonyl (C=O) groups excluding carboxylic acids is 1. The summed E-state index contributed by atoms with van der Waals surface area (Å²) in [5.41, 5.74) is 2.48. The summed E-state index contributed by atoms with van der Waals surface area (Å²) >= 11 is 2.92. The Morgan fingerprint density at radius 1 is 1.17 bits per heavy atom. The van der Waals surface area contributed by atoms with E-state index in [9.17, 15) is 4.79 Å². The molecule has 0 atom stereocenters. The molecule has 0 radical (unpaired) electrons. The van der Waals surface area contributed by atoms with E-state index < -0.39 is 0 Å². The van der Waals surface area contributed by atoms with E-state index in [0.29, 0.717) is 5.22 Å². The monoisotopic (exact) mass is 345 g/mol. The summed E-state index contributed by atoms with van der Waals surface area (Å²) in [6.45, 7) is 0.279. The van der Waals surface area contributed by atoms with Crippen LogP contribution in [0.2, 0.25) is 0 Å². The van der Waals surface area contributed by atoms with E-state index in [4.69, 9.17) is 9.15 Å². The van der Waals surface area contributed by atoms with Gasteiger partial charge in [0.1, 0.15) is 17.9 Å². The van der Waals surface area contributed by atoms with Crippen molar-refractivity contribution in [2.45, 2.75) is 16.7 Å². The van der Waals surface area contributed by atoms with Gasteiger partial charge in [0.2, 0.25) is 0 Å². The molecule has 4 nitrogen and oxygen atoms in total. The molecule has 3 aromatic rings. The van der Waals surface area contributed by atoms with Gasteiger partial charge in [-0.2, -0.15) is 0 Å². The van der Waals surface area contributed by atoms with Crippen molar-refractivity contribution in [2.75, 3.05) is 12.0 Å². The molecule has 2 aromatic carbocycles. The summed E-state index contributed by atoms with van der Waals surface area (Å²) in [5, 5.41) is 0.479. The molecule has 0 spiro atoms. The number of carbonyl (C=O) groups is 1. The summed E-state index contributed by atoms with van der Waals surface area (Å²) in [6.07, 6.45) is 2.03. The Labute approximate surface area is 142 Å². The quantitative estimate of drug-likeness (QED) is 0.488. The number of fused-ring (bicyclic) bond motifs is 1. The molecular formula is C17H15NO3S2. The Kier molecular flexibility index (Phi) is 5.25. The standard InChI is InChI=1S/C17H15NO3S2/c1-22-13-8-6-12(7-9-13)10-20-16(19)11-23-17-18-14-4-2-3-5-15(14)21-17/h2-9H,10-11H2,1H3. The number of aromatic nitrogens is 1. The van der Waals surface area contributed by atoms with Crippen molar-refractivity contribution in [2.24, 2.45) is 0 Å². The van der Waals surface area contributed by atoms with Gasteiger partial charge in [-0.15, -0.1) is 11.8 Å². The molecule has 0 N–H and O–H groups in total. The average Bonchev–Trinajstić information content (AvgIpc) is 3.01. The zero-order chi connectivity index (χ0) is 16.1. The number of ether oxygens (including phenoxy) is 1. The van der Waals surface area contributed by atoms with Crippen LogP contribution in [-0.4, -0.2) is 23.0 Å². The van der Waals surface area contributed by atoms with E-state index in [2.05, 4.69) is 4.98 Å². The van der Waals surface area contributed by atoms with E-state index in [0.717, 1.165) is 16.7 Å². The highest BCUT2D eigenvalue weighted by Gasteiger charge is 2.10. The Morgan fingerprint density at radius 2 is 1.96 bits per heavy atom. The van der Waals surface area contributed by atoms with E-state index >= 15 is 0 Å². The first-order chi connectivity index (χ1) is 11.2. The highest BCUT2D eigenvalue weighted by atomic mass is 32.2. The number of rotatable bonds is 6. The number of thioether (sulfide) groups is 2. The lowest BCUT2D eigenvalue weighted by molar-refractivity contribution is -0.141. The predicted octanol–water partition coefficient (Wildman–Crippen LogP) is 4.39. The minimum absolute atomic E-state index is 0.176. The molecule has 0 bridgehead atoms. The van der Waals surface area contributed by atoms with Crippen LogP contribution in [-0.2, 0) is 16.1 Å². The van der Waals surface area contributed by atoms with Crippen LogP contribution in [0.5, 0.6) is 0 Å². The van der Waals surface area contributed by atoms with Gasteiger partial charge >= 0.3 is 5.97 Å². The topological polar surface area (TPSA) is 52.3 Å². The van der Waals surface area contributed by atoms with E-state index in [1.54, 1.807) is 11.8 Å². The molecule has 0 aliphatic rings. The lowest BCUT2D eigenvalue weighted by atomic mass is 10.2. The number of hydrogen-bond acceptors (Lipinski definition) is 6. The fourth-order valence-corrected chi connectivity index (χ4v) is 3.01. The zero-order valence-electron chi connectivity index (χ0n) is 12.5. The van der Waals surface area contributed by atoms with Crippen LogP contribution in [0.15, 0.2) is 63.1 Å². The van der Waals surface area contributed by atoms with Gasteiger partial charge in [0, 0.05) is 4.90 Å². The van der Waals surface area contributed by atoms with Crippen molar-refractivity contribution in [1.82, 2.24) is 4.98 Å². The van der Waals surface area contributed by atoms with Gasteiger partial charge < -0.3 is 9.15 Å². The molecule has 3 rings (SSSR count). The molecule has 118 valence electrons. The van der Waals surface area contributed by atoms with Crippen LogP contribution in [0.25, 0.3) is 11.1 Å². The van der Waals surface area contributed by atoms with E-state index in [1.807, 2.05) is 54.8 Å². The van der Waals surface area contributed by atoms with Gasteiger partial charge in [-0.05, 0) is 36.1 Å². The highest BCUT2D eigenvalue weighted by molar-refractivity contribution is 7.99. The number of benzene rings is 2. The maximum atomic E-state index is 11.8. The Bertz CT molecular complexity index is 766. The summed E-state index contributed by atoms with van der Waals surface area (Å²) in [4.78, 5) is 17.3. The predicted molar refractivity (Wildman–Crippen MR) is 92.8 cm³/mol. The third kappa shape index (κ3) is 4.30. The Morgan fingerprint density at radius 3 is 2.70 bits per heavy atom. The first-order valence-electron chi connectivity index (χ1n) is 7.01. The highest BCUT2D eigenvalue weighted by Crippen LogP contribution is 2.23. The molecule has 0 saturated carbocycles. The largest absolute Gasteiger partial charge is 0.460 e. The van der Waals surface area contributed by atoms with Crippen LogP contribution in [0.3, 0.4) is 0 Å². The third-order valence-electron chi connectivity index (χ3n) is 3.15. The Hall–Kier alpha value is -1.92. The maximum Gasteiger partial charge on any atom is 0.316 e. The maximum absolute atomic E-state index is 11.8. The molecule has 1 aromatic heterocycles. The van der Waals surface area contributed by atoms with Gasteiger partial charge in [0.05, 0.1) is 0 Å². The first-order valence-corrected chi connectivity index (χ1v) is 9.22. The average molecular weight is 345 g/mol. The van der Waals surface area contributed by atoms with Gasteiger partial charge in [-0.3, -0.25) is 4.79 Å². The van der Waals surface area contributed by atoms with Gasteiger partial charge in [0.15, 0.2) is 5.58 Å². The number of esters is 1. The molecular weight excluding hydrogens is 330 g/mol. The second kappa shape index (κ2) is 7.57. The number of oxazole rings is 1. The van der Waals surface area contributed by atoms with Crippen molar-refractivity contribution in [3.63, 3.8) is 0 Å². The molecule has 0 unspecified atom stereocenters. The minimum Gasteiger partial charge on any atom is -0.460 e. The van der Waals surface area contributed by atoms with Crippen molar-refractivity contribution in [3.8, 4) is 0 Å². The molecule has 0 amide bonds. The molecule has 1 heterocycles. The van der Waals surface area contributed by atoms with Crippen LogP contribution in [0, 0.1) is 0 Å². The van der Waals surface area contributed by atoms with Crippen LogP contribution < -0.4 is 0 Å². The lowest BCUT2D eigenvalue weighted by Gasteiger charge is -2.04. The van der Waals surface area contributed by atoms with Crippen LogP contribution >= 0.6 is 23.5 Å². The second-order valence-electron chi connectivity index (χ2n) is 4.74. The molecule has 0 aliphatic heterocycles. The van der Waals surface area contributed by atoms with Crippen LogP contribution in [0.1, 0.15) is 5.56 Å². The summed E-state index contributed by atoms with van der Waals surface area (Å²) in [7, 11) is 0. The smallest absolute Gasteiger partial charge is 0.316 e. The normalized spacial score (nSPS) is 10.8. The van der Waals surface area contributed by atoms with Gasteiger partial charge in [-0.1, -0.05) is 36.0 Å². The lowest BCUT2D eigenvalue weighted by Crippen LogP contribution is -2.07. The SMILES string of the molecule is CSc1ccc(COC(=O)CSc2nc3ccccc3o2)cc1. The van der Waals surface area contributed by atoms with Gasteiger partial charge in [-0.25, -0.2) is 4.98 Å².